The first-order valence-corrected chi connectivity index (χ1v) is 11.6. The summed E-state index contributed by atoms with van der Waals surface area (Å²) in [4.78, 5) is 11.5. The number of tetrazole rings is 1. The molecule has 0 radical (unpaired) electrons. The lowest BCUT2D eigenvalue weighted by Crippen LogP contribution is -2.25. The fourth-order valence-electron chi connectivity index (χ4n) is 2.97. The van der Waals surface area contributed by atoms with Crippen LogP contribution < -0.4 is 14.7 Å². The van der Waals surface area contributed by atoms with Gasteiger partial charge in [0.15, 0.2) is 0 Å². The van der Waals surface area contributed by atoms with Gasteiger partial charge in [0.2, 0.25) is 10.0 Å². The fourth-order valence-corrected chi connectivity index (χ4v) is 5.60. The van der Waals surface area contributed by atoms with E-state index in [0.29, 0.717) is 24.3 Å². The normalized spacial score (nSPS) is 16.1. The predicted molar refractivity (Wildman–Crippen MR) is 105 cm³/mol. The van der Waals surface area contributed by atoms with Gasteiger partial charge in [0.1, 0.15) is 0 Å². The van der Waals surface area contributed by atoms with Crippen molar-refractivity contribution in [3.05, 3.63) is 59.0 Å². The molecule has 0 atom stereocenters. The van der Waals surface area contributed by atoms with E-state index in [2.05, 4.69) is 20.2 Å². The van der Waals surface area contributed by atoms with Gasteiger partial charge in [-0.05, 0) is 65.4 Å². The number of anilines is 2. The van der Waals surface area contributed by atoms with Crippen LogP contribution in [0.3, 0.4) is 0 Å². The summed E-state index contributed by atoms with van der Waals surface area (Å²) in [6.45, 7) is 0.383. The van der Waals surface area contributed by atoms with Crippen LogP contribution in [0.1, 0.15) is 6.42 Å². The van der Waals surface area contributed by atoms with E-state index < -0.39 is 25.7 Å². The highest BCUT2D eigenvalue weighted by molar-refractivity contribution is 7.93. The number of hydrogen-bond donors (Lipinski definition) is 2. The van der Waals surface area contributed by atoms with Gasteiger partial charge in [-0.3, -0.25) is 9.03 Å². The van der Waals surface area contributed by atoms with Crippen molar-refractivity contribution in [3.8, 4) is 5.69 Å². The fraction of sp³-hybridized carbons (Fsp3) is 0.188. The van der Waals surface area contributed by atoms with E-state index in [1.54, 1.807) is 0 Å². The third-order valence-electron chi connectivity index (χ3n) is 4.37. The second kappa shape index (κ2) is 7.00. The number of hydrogen-bond acceptors (Lipinski definition) is 7. The van der Waals surface area contributed by atoms with Gasteiger partial charge in [-0.1, -0.05) is 0 Å². The van der Waals surface area contributed by atoms with Crippen LogP contribution in [-0.4, -0.2) is 49.3 Å². The third kappa shape index (κ3) is 3.73. The maximum absolute atomic E-state index is 12.6. The number of sulfonamides is 2. The topological polar surface area (TPSA) is 147 Å². The summed E-state index contributed by atoms with van der Waals surface area (Å²) in [5, 5.41) is 9.15. The van der Waals surface area contributed by atoms with E-state index in [4.69, 9.17) is 0 Å². The van der Waals surface area contributed by atoms with Crippen LogP contribution >= 0.6 is 0 Å². The Balaban J connectivity index is 1.53. The summed E-state index contributed by atoms with van der Waals surface area (Å²) in [6, 6.07) is 11.7. The van der Waals surface area contributed by atoms with E-state index in [1.807, 2.05) is 0 Å². The molecule has 13 heteroatoms. The SMILES string of the molecule is O=c1[nH]nnn1-c1ccc(NS(=O)(=O)c2ccc(N3CCCS3(=O)=O)cc2)cc1. The molecule has 29 heavy (non-hydrogen) atoms. The van der Waals surface area contributed by atoms with Crippen LogP contribution in [0.5, 0.6) is 0 Å². The van der Waals surface area contributed by atoms with Crippen LogP contribution in [0.4, 0.5) is 11.4 Å². The number of benzene rings is 2. The molecule has 0 aliphatic carbocycles. The molecule has 3 aromatic rings. The predicted octanol–water partition coefficient (Wildman–Crippen LogP) is 0.296. The molecule has 0 unspecified atom stereocenters. The first kappa shape index (κ1) is 19.1. The van der Waals surface area contributed by atoms with Crippen molar-refractivity contribution >= 4 is 31.4 Å². The van der Waals surface area contributed by atoms with Crippen molar-refractivity contribution in [2.75, 3.05) is 21.3 Å². The molecule has 0 saturated carbocycles. The first-order chi connectivity index (χ1) is 13.8. The molecule has 1 aliphatic rings. The molecule has 152 valence electrons. The Labute approximate surface area is 166 Å². The second-order valence-electron chi connectivity index (χ2n) is 6.31. The van der Waals surface area contributed by atoms with E-state index in [0.717, 1.165) is 4.68 Å². The molecule has 0 spiro atoms. The van der Waals surface area contributed by atoms with E-state index in [-0.39, 0.29) is 16.3 Å². The number of aromatic amines is 1. The highest BCUT2D eigenvalue weighted by Gasteiger charge is 2.28. The van der Waals surface area contributed by atoms with Gasteiger partial charge in [-0.25, -0.2) is 26.7 Å². The Morgan fingerprint density at radius 1 is 1.00 bits per heavy atom. The standard InChI is InChI=1S/C16H16N6O5S2/c23-16-17-19-20-22(16)14-4-2-12(3-5-14)18-29(26,27)15-8-6-13(7-9-15)21-10-1-11-28(21,24)25/h2-9,18H,1,10-11H2,(H,17,20,23). The number of nitrogens with one attached hydrogen (secondary N) is 2. The highest BCUT2D eigenvalue weighted by Crippen LogP contribution is 2.26. The quantitative estimate of drug-likeness (QED) is 0.584. The van der Waals surface area contributed by atoms with Crippen LogP contribution in [0.2, 0.25) is 0 Å². The van der Waals surface area contributed by atoms with Crippen molar-refractivity contribution in [1.29, 1.82) is 0 Å². The molecule has 0 amide bonds. The molecule has 0 bridgehead atoms. The highest BCUT2D eigenvalue weighted by atomic mass is 32.2. The number of rotatable bonds is 5. The summed E-state index contributed by atoms with van der Waals surface area (Å²) in [6.07, 6.45) is 0.542. The number of H-pyrrole nitrogens is 1. The van der Waals surface area contributed by atoms with Crippen molar-refractivity contribution in [3.63, 3.8) is 0 Å². The van der Waals surface area contributed by atoms with Gasteiger partial charge in [0.05, 0.1) is 22.0 Å². The maximum atomic E-state index is 12.6. The first-order valence-electron chi connectivity index (χ1n) is 8.50. The zero-order valence-electron chi connectivity index (χ0n) is 14.9. The summed E-state index contributed by atoms with van der Waals surface area (Å²) in [7, 11) is -7.21. The van der Waals surface area contributed by atoms with Crippen LogP contribution in [0.15, 0.2) is 58.2 Å². The lowest BCUT2D eigenvalue weighted by molar-refractivity contribution is 0.599. The van der Waals surface area contributed by atoms with E-state index in [1.165, 1.54) is 52.8 Å². The smallest absolute Gasteiger partial charge is 0.280 e. The molecular weight excluding hydrogens is 420 g/mol. The minimum absolute atomic E-state index is 0.00496. The molecular formula is C16H16N6O5S2. The summed E-state index contributed by atoms with van der Waals surface area (Å²) in [5.41, 5.74) is 0.627. The van der Waals surface area contributed by atoms with Gasteiger partial charge in [-0.2, -0.15) is 4.68 Å². The molecule has 11 nitrogen and oxygen atoms in total. The molecule has 1 aliphatic heterocycles. The Kier molecular flexibility index (Phi) is 4.62. The monoisotopic (exact) mass is 436 g/mol. The summed E-state index contributed by atoms with van der Waals surface area (Å²) in [5.74, 6) is 0.0884. The van der Waals surface area contributed by atoms with Gasteiger partial charge in [-0.15, -0.1) is 0 Å². The average molecular weight is 436 g/mol. The molecule has 4 rings (SSSR count). The zero-order chi connectivity index (χ0) is 20.6. The molecule has 1 fully saturated rings. The van der Waals surface area contributed by atoms with Gasteiger partial charge in [0, 0.05) is 12.2 Å². The number of aromatic nitrogens is 4. The van der Waals surface area contributed by atoms with Crippen LogP contribution in [0, 0.1) is 0 Å². The zero-order valence-corrected chi connectivity index (χ0v) is 16.5. The summed E-state index contributed by atoms with van der Waals surface area (Å²) < 4.78 is 53.9. The minimum atomic E-state index is -3.88. The maximum Gasteiger partial charge on any atom is 0.365 e. The van der Waals surface area contributed by atoms with Gasteiger partial charge in [0.25, 0.3) is 10.0 Å². The molecule has 1 aromatic heterocycles. The van der Waals surface area contributed by atoms with Crippen molar-refractivity contribution in [1.82, 2.24) is 20.2 Å². The van der Waals surface area contributed by atoms with Crippen molar-refractivity contribution in [2.45, 2.75) is 11.3 Å². The largest absolute Gasteiger partial charge is 0.365 e. The summed E-state index contributed by atoms with van der Waals surface area (Å²) >= 11 is 0. The lowest BCUT2D eigenvalue weighted by atomic mass is 10.3. The van der Waals surface area contributed by atoms with Crippen molar-refractivity contribution in [2.24, 2.45) is 0 Å². The second-order valence-corrected chi connectivity index (χ2v) is 10.0. The Hall–Kier alpha value is -3.19. The van der Waals surface area contributed by atoms with Crippen LogP contribution in [-0.2, 0) is 20.0 Å². The van der Waals surface area contributed by atoms with Gasteiger partial charge < -0.3 is 0 Å². The lowest BCUT2D eigenvalue weighted by Gasteiger charge is -2.17. The van der Waals surface area contributed by atoms with E-state index in [9.17, 15) is 21.6 Å². The number of nitrogens with zero attached hydrogens (tertiary/aromatic N) is 4. The molecule has 1 saturated heterocycles. The minimum Gasteiger partial charge on any atom is -0.280 e. The molecule has 2 heterocycles. The Bertz CT molecular complexity index is 1290. The molecule has 2 aromatic carbocycles. The van der Waals surface area contributed by atoms with E-state index >= 15 is 0 Å². The Morgan fingerprint density at radius 3 is 2.21 bits per heavy atom. The molecule has 2 N–H and O–H groups in total. The van der Waals surface area contributed by atoms with Gasteiger partial charge >= 0.3 is 5.69 Å². The Morgan fingerprint density at radius 2 is 1.66 bits per heavy atom. The average Bonchev–Trinajstić information content (AvgIpc) is 3.27. The van der Waals surface area contributed by atoms with Crippen molar-refractivity contribution < 1.29 is 16.8 Å². The third-order valence-corrected chi connectivity index (χ3v) is 7.64. The van der Waals surface area contributed by atoms with Crippen LogP contribution in [0.25, 0.3) is 5.69 Å².